The highest BCUT2D eigenvalue weighted by molar-refractivity contribution is 6.30. The third-order valence-electron chi connectivity index (χ3n) is 2.16. The van der Waals surface area contributed by atoms with Crippen molar-refractivity contribution in [2.45, 2.75) is 6.61 Å². The van der Waals surface area contributed by atoms with Crippen LogP contribution in [-0.4, -0.2) is 17.1 Å². The molecule has 1 aromatic heterocycles. The van der Waals surface area contributed by atoms with E-state index in [9.17, 15) is 0 Å². The van der Waals surface area contributed by atoms with Crippen molar-refractivity contribution in [2.75, 3.05) is 18.2 Å². The Morgan fingerprint density at radius 3 is 2.89 bits per heavy atom. The quantitative estimate of drug-likeness (QED) is 0.888. The number of rotatable bonds is 4. The van der Waals surface area contributed by atoms with Gasteiger partial charge in [-0.05, 0) is 18.2 Å². The maximum absolute atomic E-state index is 5.91. The lowest BCUT2D eigenvalue weighted by molar-refractivity contribution is 0.178. The fourth-order valence-corrected chi connectivity index (χ4v) is 1.68. The summed E-state index contributed by atoms with van der Waals surface area (Å²) in [5.74, 6) is 1.53. The molecule has 2 rings (SSSR count). The number of hydrogen-bond acceptors (Lipinski definition) is 5. The van der Waals surface area contributed by atoms with Crippen LogP contribution in [0.1, 0.15) is 5.82 Å². The molecule has 0 atom stereocenters. The summed E-state index contributed by atoms with van der Waals surface area (Å²) in [5.41, 5.74) is 6.54. The van der Waals surface area contributed by atoms with Crippen LogP contribution in [0.15, 0.2) is 30.3 Å². The van der Waals surface area contributed by atoms with Crippen LogP contribution >= 0.6 is 11.6 Å². The van der Waals surface area contributed by atoms with Gasteiger partial charge in [0.15, 0.2) is 5.82 Å². The van der Waals surface area contributed by atoms with E-state index in [1.54, 1.807) is 25.3 Å². The molecule has 0 fully saturated rings. The van der Waals surface area contributed by atoms with Crippen LogP contribution in [0.4, 0.5) is 17.3 Å². The van der Waals surface area contributed by atoms with Gasteiger partial charge in [0.1, 0.15) is 18.2 Å². The number of hydrogen-bond donors (Lipinski definition) is 2. The molecule has 0 radical (unpaired) electrons. The summed E-state index contributed by atoms with van der Waals surface area (Å²) in [6.45, 7) is 0.315. The van der Waals surface area contributed by atoms with Gasteiger partial charge in [-0.2, -0.15) is 0 Å². The number of nitrogens with two attached hydrogens (primary N) is 1. The first kappa shape index (κ1) is 12.6. The first-order valence-electron chi connectivity index (χ1n) is 5.32. The van der Waals surface area contributed by atoms with Crippen LogP contribution in [-0.2, 0) is 11.3 Å². The number of ether oxygens (including phenoxy) is 1. The zero-order valence-electron chi connectivity index (χ0n) is 9.85. The first-order valence-corrected chi connectivity index (χ1v) is 5.70. The Kier molecular flexibility index (Phi) is 3.96. The first-order chi connectivity index (χ1) is 8.67. The topological polar surface area (TPSA) is 73.1 Å². The van der Waals surface area contributed by atoms with Gasteiger partial charge in [-0.1, -0.05) is 17.7 Å². The molecule has 18 heavy (non-hydrogen) atoms. The van der Waals surface area contributed by atoms with Crippen LogP contribution < -0.4 is 11.1 Å². The molecular formula is C12H13ClN4O. The molecule has 0 aliphatic rings. The highest BCUT2D eigenvalue weighted by atomic mass is 35.5. The molecule has 2 aromatic rings. The summed E-state index contributed by atoms with van der Waals surface area (Å²) in [7, 11) is 1.58. The number of anilines is 3. The zero-order chi connectivity index (χ0) is 13.0. The van der Waals surface area contributed by atoms with Gasteiger partial charge in [0.2, 0.25) is 0 Å². The Bertz CT molecular complexity index is 547. The lowest BCUT2D eigenvalue weighted by Crippen LogP contribution is -2.04. The second kappa shape index (κ2) is 5.66. The van der Waals surface area contributed by atoms with Crippen molar-refractivity contribution in [3.8, 4) is 0 Å². The number of nitrogens with one attached hydrogen (secondary N) is 1. The second-order valence-corrected chi connectivity index (χ2v) is 4.10. The molecule has 1 aromatic carbocycles. The van der Waals surface area contributed by atoms with Crippen LogP contribution in [0.2, 0.25) is 5.02 Å². The van der Waals surface area contributed by atoms with Crippen molar-refractivity contribution in [2.24, 2.45) is 0 Å². The van der Waals surface area contributed by atoms with E-state index in [2.05, 4.69) is 15.3 Å². The largest absolute Gasteiger partial charge is 0.384 e. The highest BCUT2D eigenvalue weighted by Crippen LogP contribution is 2.19. The van der Waals surface area contributed by atoms with Crippen LogP contribution in [0.25, 0.3) is 0 Å². The molecule has 0 unspecified atom stereocenters. The Labute approximate surface area is 110 Å². The summed E-state index contributed by atoms with van der Waals surface area (Å²) >= 11 is 5.91. The summed E-state index contributed by atoms with van der Waals surface area (Å²) in [6, 6.07) is 9.00. The molecule has 0 bridgehead atoms. The normalized spacial score (nSPS) is 10.3. The summed E-state index contributed by atoms with van der Waals surface area (Å²) in [4.78, 5) is 8.34. The van der Waals surface area contributed by atoms with Gasteiger partial charge in [0.05, 0.1) is 0 Å². The second-order valence-electron chi connectivity index (χ2n) is 3.66. The van der Waals surface area contributed by atoms with E-state index in [-0.39, 0.29) is 0 Å². The molecule has 0 spiro atoms. The van der Waals surface area contributed by atoms with E-state index >= 15 is 0 Å². The van der Waals surface area contributed by atoms with Gasteiger partial charge in [0, 0.05) is 23.9 Å². The minimum absolute atomic E-state index is 0.315. The molecule has 0 saturated carbocycles. The predicted molar refractivity (Wildman–Crippen MR) is 71.9 cm³/mol. The molecule has 0 amide bonds. The zero-order valence-corrected chi connectivity index (χ0v) is 10.6. The third kappa shape index (κ3) is 3.32. The summed E-state index contributed by atoms with van der Waals surface area (Å²) < 4.78 is 4.98. The Morgan fingerprint density at radius 2 is 2.17 bits per heavy atom. The Morgan fingerprint density at radius 1 is 1.33 bits per heavy atom. The molecule has 5 nitrogen and oxygen atoms in total. The van der Waals surface area contributed by atoms with Crippen molar-refractivity contribution in [3.05, 3.63) is 41.2 Å². The van der Waals surface area contributed by atoms with E-state index in [4.69, 9.17) is 22.1 Å². The Hall–Kier alpha value is -1.85. The molecule has 1 heterocycles. The monoisotopic (exact) mass is 264 g/mol. The van der Waals surface area contributed by atoms with Crippen molar-refractivity contribution in [3.63, 3.8) is 0 Å². The average Bonchev–Trinajstić information content (AvgIpc) is 2.28. The van der Waals surface area contributed by atoms with E-state index in [1.807, 2.05) is 12.1 Å². The molecule has 94 valence electrons. The van der Waals surface area contributed by atoms with E-state index in [0.717, 1.165) is 5.69 Å². The minimum Gasteiger partial charge on any atom is -0.384 e. The van der Waals surface area contributed by atoms with Gasteiger partial charge < -0.3 is 15.8 Å². The van der Waals surface area contributed by atoms with E-state index in [1.165, 1.54) is 0 Å². The number of nitrogen functional groups attached to an aromatic ring is 1. The summed E-state index contributed by atoms with van der Waals surface area (Å²) in [5, 5.41) is 3.77. The molecule has 0 aliphatic carbocycles. The van der Waals surface area contributed by atoms with Crippen LogP contribution in [0, 0.1) is 0 Å². The SMILES string of the molecule is COCc1nc(N)cc(Nc2cccc(Cl)c2)n1. The van der Waals surface area contributed by atoms with E-state index in [0.29, 0.717) is 29.1 Å². The maximum atomic E-state index is 5.91. The van der Waals surface area contributed by atoms with Gasteiger partial charge in [-0.25, -0.2) is 9.97 Å². The maximum Gasteiger partial charge on any atom is 0.158 e. The van der Waals surface area contributed by atoms with Crippen molar-refractivity contribution < 1.29 is 4.74 Å². The number of methoxy groups -OCH3 is 1. The predicted octanol–water partition coefficient (Wildman–Crippen LogP) is 2.60. The van der Waals surface area contributed by atoms with E-state index < -0.39 is 0 Å². The van der Waals surface area contributed by atoms with Gasteiger partial charge in [-0.3, -0.25) is 0 Å². The third-order valence-corrected chi connectivity index (χ3v) is 2.40. The van der Waals surface area contributed by atoms with Gasteiger partial charge in [-0.15, -0.1) is 0 Å². The van der Waals surface area contributed by atoms with Crippen molar-refractivity contribution >= 4 is 28.9 Å². The standard InChI is InChI=1S/C12H13ClN4O/c1-18-7-12-16-10(14)6-11(17-12)15-9-4-2-3-8(13)5-9/h2-6H,7H2,1H3,(H3,14,15,16,17). The summed E-state index contributed by atoms with van der Waals surface area (Å²) in [6.07, 6.45) is 0. The van der Waals surface area contributed by atoms with Gasteiger partial charge >= 0.3 is 0 Å². The van der Waals surface area contributed by atoms with Gasteiger partial charge in [0.25, 0.3) is 0 Å². The number of aromatic nitrogens is 2. The minimum atomic E-state index is 0.315. The van der Waals surface area contributed by atoms with Crippen molar-refractivity contribution in [1.29, 1.82) is 0 Å². The molecule has 0 saturated heterocycles. The highest BCUT2D eigenvalue weighted by Gasteiger charge is 2.03. The smallest absolute Gasteiger partial charge is 0.158 e. The molecule has 3 N–H and O–H groups in total. The molecule has 6 heteroatoms. The fraction of sp³-hybridized carbons (Fsp3) is 0.167. The van der Waals surface area contributed by atoms with Crippen molar-refractivity contribution in [1.82, 2.24) is 9.97 Å². The average molecular weight is 265 g/mol. The van der Waals surface area contributed by atoms with Crippen LogP contribution in [0.3, 0.4) is 0 Å². The number of halogens is 1. The lowest BCUT2D eigenvalue weighted by atomic mass is 10.3. The number of benzene rings is 1. The molecular weight excluding hydrogens is 252 g/mol. The van der Waals surface area contributed by atoms with Crippen LogP contribution in [0.5, 0.6) is 0 Å². The lowest BCUT2D eigenvalue weighted by Gasteiger charge is -2.08. The fourth-order valence-electron chi connectivity index (χ4n) is 1.49. The number of nitrogens with zero attached hydrogens (tertiary/aromatic N) is 2. The Balaban J connectivity index is 2.23. The molecule has 0 aliphatic heterocycles.